The summed E-state index contributed by atoms with van der Waals surface area (Å²) in [5.74, 6) is 0.666. The van der Waals surface area contributed by atoms with Gasteiger partial charge in [0.25, 0.3) is 0 Å². The van der Waals surface area contributed by atoms with E-state index in [1.54, 1.807) is 18.4 Å². The first-order valence-corrected chi connectivity index (χ1v) is 11.3. The summed E-state index contributed by atoms with van der Waals surface area (Å²) in [5.41, 5.74) is 1.61. The number of esters is 1. The molecule has 29 heavy (non-hydrogen) atoms. The molecule has 1 aromatic carbocycles. The maximum absolute atomic E-state index is 12.1. The Morgan fingerprint density at radius 1 is 1.17 bits per heavy atom. The number of thiazole rings is 1. The number of rotatable bonds is 8. The highest BCUT2D eigenvalue weighted by molar-refractivity contribution is 8.00. The lowest BCUT2D eigenvalue weighted by Crippen LogP contribution is -2.07. The maximum atomic E-state index is 12.1. The number of hydrogen-bond acceptors (Lipinski definition) is 10. The van der Waals surface area contributed by atoms with Crippen LogP contribution in [0.4, 0.5) is 10.8 Å². The van der Waals surface area contributed by atoms with Gasteiger partial charge in [-0.3, -0.25) is 4.79 Å². The highest BCUT2D eigenvalue weighted by Gasteiger charge is 2.11. The number of benzene rings is 1. The quantitative estimate of drug-likeness (QED) is 0.237. The summed E-state index contributed by atoms with van der Waals surface area (Å²) in [5, 5.41) is 9.52. The van der Waals surface area contributed by atoms with E-state index in [9.17, 15) is 4.79 Å². The average molecular weight is 445 g/mol. The van der Waals surface area contributed by atoms with Crippen LogP contribution in [-0.4, -0.2) is 33.8 Å². The second-order valence-electron chi connectivity index (χ2n) is 5.77. The molecule has 0 aliphatic heterocycles. The van der Waals surface area contributed by atoms with Gasteiger partial charge in [-0.2, -0.15) is 0 Å². The SMILES string of the molecule is COc1ccc(Nc2nc(COC(=O)CSc3ncnc4sccc34)cs2)cc1. The Bertz CT molecular complexity index is 1110. The Morgan fingerprint density at radius 3 is 2.86 bits per heavy atom. The number of aromatic nitrogens is 3. The first-order valence-electron chi connectivity index (χ1n) is 8.53. The minimum atomic E-state index is -0.311. The van der Waals surface area contributed by atoms with E-state index in [1.165, 1.54) is 29.4 Å². The molecule has 3 aromatic heterocycles. The molecule has 0 spiro atoms. The van der Waals surface area contributed by atoms with Crippen molar-refractivity contribution in [2.45, 2.75) is 11.6 Å². The van der Waals surface area contributed by atoms with E-state index in [-0.39, 0.29) is 18.3 Å². The monoisotopic (exact) mass is 444 g/mol. The first-order chi connectivity index (χ1) is 14.2. The molecule has 0 fully saturated rings. The minimum absolute atomic E-state index is 0.137. The van der Waals surface area contributed by atoms with E-state index in [0.717, 1.165) is 31.8 Å². The molecular formula is C19H16N4O3S3. The molecule has 0 saturated carbocycles. The van der Waals surface area contributed by atoms with E-state index < -0.39 is 0 Å². The van der Waals surface area contributed by atoms with Crippen LogP contribution in [0.5, 0.6) is 5.75 Å². The average Bonchev–Trinajstić information content (AvgIpc) is 3.41. The lowest BCUT2D eigenvalue weighted by atomic mass is 10.3. The number of anilines is 2. The van der Waals surface area contributed by atoms with Gasteiger partial charge in [0.1, 0.15) is 28.5 Å². The molecule has 0 bridgehead atoms. The van der Waals surface area contributed by atoms with Crippen LogP contribution in [0.1, 0.15) is 5.69 Å². The van der Waals surface area contributed by atoms with Crippen LogP contribution in [0.2, 0.25) is 0 Å². The molecule has 0 radical (unpaired) electrons. The smallest absolute Gasteiger partial charge is 0.316 e. The summed E-state index contributed by atoms with van der Waals surface area (Å²) in [6.07, 6.45) is 1.51. The van der Waals surface area contributed by atoms with Gasteiger partial charge in [-0.1, -0.05) is 11.8 Å². The van der Waals surface area contributed by atoms with Crippen LogP contribution >= 0.6 is 34.4 Å². The van der Waals surface area contributed by atoms with Crippen LogP contribution in [0.3, 0.4) is 0 Å². The number of nitrogens with zero attached hydrogens (tertiary/aromatic N) is 3. The second kappa shape index (κ2) is 9.21. The Kier molecular flexibility index (Phi) is 6.23. The number of ether oxygens (including phenoxy) is 2. The Balaban J connectivity index is 1.26. The van der Waals surface area contributed by atoms with E-state index >= 15 is 0 Å². The van der Waals surface area contributed by atoms with Crippen molar-refractivity contribution >= 4 is 61.4 Å². The Labute approximate surface area is 179 Å². The van der Waals surface area contributed by atoms with Crippen molar-refractivity contribution in [3.8, 4) is 5.75 Å². The van der Waals surface area contributed by atoms with Crippen molar-refractivity contribution in [2.24, 2.45) is 0 Å². The lowest BCUT2D eigenvalue weighted by molar-refractivity contribution is -0.141. The van der Waals surface area contributed by atoms with Crippen molar-refractivity contribution in [2.75, 3.05) is 18.2 Å². The van der Waals surface area contributed by atoms with Gasteiger partial charge in [0.15, 0.2) is 5.13 Å². The summed E-state index contributed by atoms with van der Waals surface area (Å²) >= 11 is 4.35. The fraction of sp³-hybridized carbons (Fsp3) is 0.158. The molecular weight excluding hydrogens is 428 g/mol. The van der Waals surface area contributed by atoms with Crippen molar-refractivity contribution < 1.29 is 14.3 Å². The molecule has 0 unspecified atom stereocenters. The minimum Gasteiger partial charge on any atom is -0.497 e. The third-order valence-corrected chi connectivity index (χ3v) is 6.43. The van der Waals surface area contributed by atoms with Crippen LogP contribution in [-0.2, 0) is 16.1 Å². The van der Waals surface area contributed by atoms with Gasteiger partial charge in [0, 0.05) is 16.5 Å². The van der Waals surface area contributed by atoms with Gasteiger partial charge >= 0.3 is 5.97 Å². The molecule has 0 aliphatic carbocycles. The number of thioether (sulfide) groups is 1. The van der Waals surface area contributed by atoms with Crippen LogP contribution in [0, 0.1) is 0 Å². The van der Waals surface area contributed by atoms with Gasteiger partial charge in [-0.25, -0.2) is 15.0 Å². The zero-order valence-corrected chi connectivity index (χ0v) is 17.8. The van der Waals surface area contributed by atoms with Crippen molar-refractivity contribution in [3.63, 3.8) is 0 Å². The Morgan fingerprint density at radius 2 is 2.03 bits per heavy atom. The van der Waals surface area contributed by atoms with Crippen LogP contribution in [0.15, 0.2) is 52.4 Å². The second-order valence-corrected chi connectivity index (χ2v) is 8.48. The molecule has 3 heterocycles. The number of carbonyl (C=O) groups is 1. The van der Waals surface area contributed by atoms with Crippen LogP contribution in [0.25, 0.3) is 10.2 Å². The molecule has 0 saturated heterocycles. The van der Waals surface area contributed by atoms with E-state index in [1.807, 2.05) is 41.1 Å². The standard InChI is InChI=1S/C19H16N4O3S3/c1-25-14-4-2-12(3-5-14)22-19-23-13(9-29-19)8-26-16(24)10-28-18-15-6-7-27-17(15)20-11-21-18/h2-7,9,11H,8,10H2,1H3,(H,22,23). The lowest BCUT2D eigenvalue weighted by Gasteiger charge is -2.04. The largest absolute Gasteiger partial charge is 0.497 e. The van der Waals surface area contributed by atoms with Crippen molar-refractivity contribution in [1.82, 2.24) is 15.0 Å². The molecule has 7 nitrogen and oxygen atoms in total. The maximum Gasteiger partial charge on any atom is 0.316 e. The third kappa shape index (κ3) is 5.03. The molecule has 1 N–H and O–H groups in total. The van der Waals surface area contributed by atoms with Gasteiger partial charge in [-0.05, 0) is 35.7 Å². The highest BCUT2D eigenvalue weighted by Crippen LogP contribution is 2.28. The van der Waals surface area contributed by atoms with Gasteiger partial charge in [0.2, 0.25) is 0 Å². The summed E-state index contributed by atoms with van der Waals surface area (Å²) in [4.78, 5) is 25.9. The first kappa shape index (κ1) is 19.6. The number of hydrogen-bond donors (Lipinski definition) is 1. The summed E-state index contributed by atoms with van der Waals surface area (Å²) in [6, 6.07) is 9.53. The third-order valence-electron chi connectivity index (χ3n) is 3.83. The zero-order valence-electron chi connectivity index (χ0n) is 15.3. The molecule has 0 atom stereocenters. The summed E-state index contributed by atoms with van der Waals surface area (Å²) < 4.78 is 10.5. The number of nitrogens with one attached hydrogen (secondary N) is 1. The van der Waals surface area contributed by atoms with Gasteiger partial charge in [-0.15, -0.1) is 22.7 Å². The van der Waals surface area contributed by atoms with Crippen molar-refractivity contribution in [3.05, 3.63) is 53.1 Å². The predicted molar refractivity (Wildman–Crippen MR) is 116 cm³/mol. The normalized spacial score (nSPS) is 10.8. The highest BCUT2D eigenvalue weighted by atomic mass is 32.2. The fourth-order valence-electron chi connectivity index (χ4n) is 2.43. The van der Waals surface area contributed by atoms with Gasteiger partial charge < -0.3 is 14.8 Å². The molecule has 0 aliphatic rings. The topological polar surface area (TPSA) is 86.2 Å². The van der Waals surface area contributed by atoms with Crippen molar-refractivity contribution in [1.29, 1.82) is 0 Å². The van der Waals surface area contributed by atoms with Crippen LogP contribution < -0.4 is 10.1 Å². The number of thiophene rings is 1. The fourth-order valence-corrected chi connectivity index (χ4v) is 4.73. The van der Waals surface area contributed by atoms with Gasteiger partial charge in [0.05, 0.1) is 18.6 Å². The molecule has 4 aromatic rings. The molecule has 148 valence electrons. The number of fused-ring (bicyclic) bond motifs is 1. The summed E-state index contributed by atoms with van der Waals surface area (Å²) in [6.45, 7) is 0.137. The Hall–Kier alpha value is -2.69. The number of methoxy groups -OCH3 is 1. The molecule has 0 amide bonds. The molecule has 10 heteroatoms. The number of carbonyl (C=O) groups excluding carboxylic acids is 1. The zero-order chi connectivity index (χ0) is 20.1. The molecule has 4 rings (SSSR count). The van der Waals surface area contributed by atoms with E-state index in [0.29, 0.717) is 5.69 Å². The van der Waals surface area contributed by atoms with E-state index in [4.69, 9.17) is 9.47 Å². The van der Waals surface area contributed by atoms with E-state index in [2.05, 4.69) is 20.3 Å². The predicted octanol–water partition coefficient (Wildman–Crippen LogP) is 4.74. The summed E-state index contributed by atoms with van der Waals surface area (Å²) in [7, 11) is 1.63.